The maximum Gasteiger partial charge on any atom is 0.243 e. The minimum Gasteiger partial charge on any atom is -0.299 e. The summed E-state index contributed by atoms with van der Waals surface area (Å²) in [4.78, 5) is 14.7. The van der Waals surface area contributed by atoms with E-state index in [4.69, 9.17) is 23.2 Å². The van der Waals surface area contributed by atoms with E-state index >= 15 is 0 Å². The summed E-state index contributed by atoms with van der Waals surface area (Å²) in [5.74, 6) is -0.0522. The Morgan fingerprint density at radius 3 is 2.56 bits per heavy atom. The molecule has 27 heavy (non-hydrogen) atoms. The molecule has 0 atom stereocenters. The average molecular weight is 469 g/mol. The number of halogens is 3. The van der Waals surface area contributed by atoms with E-state index in [1.165, 1.54) is 5.56 Å². The first-order valence-electron chi connectivity index (χ1n) is 8.76. The second kappa shape index (κ2) is 9.69. The minimum atomic E-state index is -0.0420. The molecule has 2 aromatic rings. The number of hydrogen-bond donors (Lipinski definition) is 1. The molecule has 3 rings (SSSR count). The Balaban J connectivity index is 1.45. The van der Waals surface area contributed by atoms with Crippen LogP contribution >= 0.6 is 39.1 Å². The highest BCUT2D eigenvalue weighted by molar-refractivity contribution is 9.10. The number of hydrazone groups is 1. The summed E-state index contributed by atoms with van der Waals surface area (Å²) >= 11 is 15.4. The average Bonchev–Trinajstić information content (AvgIpc) is 2.66. The van der Waals surface area contributed by atoms with Gasteiger partial charge in [0, 0.05) is 27.5 Å². The maximum absolute atomic E-state index is 12.3. The molecule has 0 saturated carbocycles. The Labute approximate surface area is 177 Å². The standard InChI is InChI=1S/C20H20BrCl2N3O/c21-17-4-1-14(2-5-17)13-26-9-7-15(8-10-26)20(27)25-24-12-16-3-6-18(22)11-19(16)23/h1-6,11-12,15H,7-10,13H2,(H,25,27)/b24-12+. The van der Waals surface area contributed by atoms with Crippen molar-refractivity contribution in [1.82, 2.24) is 10.3 Å². The van der Waals surface area contributed by atoms with E-state index in [0.717, 1.165) is 36.9 Å². The van der Waals surface area contributed by atoms with Crippen LogP contribution in [0.3, 0.4) is 0 Å². The highest BCUT2D eigenvalue weighted by Crippen LogP contribution is 2.21. The van der Waals surface area contributed by atoms with Crippen molar-refractivity contribution < 1.29 is 4.79 Å². The molecule has 1 fully saturated rings. The van der Waals surface area contributed by atoms with E-state index in [1.54, 1.807) is 24.4 Å². The molecule has 0 aliphatic carbocycles. The van der Waals surface area contributed by atoms with Crippen molar-refractivity contribution in [1.29, 1.82) is 0 Å². The van der Waals surface area contributed by atoms with Crippen LogP contribution in [0.5, 0.6) is 0 Å². The molecule has 0 unspecified atom stereocenters. The number of piperidine rings is 1. The van der Waals surface area contributed by atoms with Crippen LogP contribution in [-0.4, -0.2) is 30.1 Å². The molecular formula is C20H20BrCl2N3O. The van der Waals surface area contributed by atoms with E-state index in [9.17, 15) is 4.79 Å². The van der Waals surface area contributed by atoms with Crippen molar-refractivity contribution in [2.24, 2.45) is 11.0 Å². The zero-order chi connectivity index (χ0) is 19.2. The number of carbonyl (C=O) groups excluding carboxylic acids is 1. The molecule has 1 aliphatic heterocycles. The number of nitrogens with one attached hydrogen (secondary N) is 1. The Morgan fingerprint density at radius 2 is 1.89 bits per heavy atom. The van der Waals surface area contributed by atoms with Gasteiger partial charge in [-0.15, -0.1) is 0 Å². The summed E-state index contributed by atoms with van der Waals surface area (Å²) in [6.45, 7) is 2.72. The van der Waals surface area contributed by atoms with Crippen molar-refractivity contribution in [2.45, 2.75) is 19.4 Å². The van der Waals surface area contributed by atoms with Crippen molar-refractivity contribution in [3.63, 3.8) is 0 Å². The quantitative estimate of drug-likeness (QED) is 0.489. The van der Waals surface area contributed by atoms with Gasteiger partial charge in [0.05, 0.1) is 11.2 Å². The number of hydrogen-bond acceptors (Lipinski definition) is 3. The predicted octanol–water partition coefficient (Wildman–Crippen LogP) is 5.12. The lowest BCUT2D eigenvalue weighted by molar-refractivity contribution is -0.126. The molecule has 2 aromatic carbocycles. The molecule has 1 amide bonds. The van der Waals surface area contributed by atoms with Gasteiger partial charge in [0.2, 0.25) is 5.91 Å². The second-order valence-corrected chi connectivity index (χ2v) is 8.34. The van der Waals surface area contributed by atoms with E-state index in [2.05, 4.69) is 55.6 Å². The van der Waals surface area contributed by atoms with Crippen LogP contribution in [0.25, 0.3) is 0 Å². The van der Waals surface area contributed by atoms with Gasteiger partial charge in [-0.1, -0.05) is 57.3 Å². The van der Waals surface area contributed by atoms with E-state index < -0.39 is 0 Å². The number of amides is 1. The van der Waals surface area contributed by atoms with Crippen LogP contribution in [0.4, 0.5) is 0 Å². The van der Waals surface area contributed by atoms with Gasteiger partial charge < -0.3 is 0 Å². The fourth-order valence-electron chi connectivity index (χ4n) is 3.06. The van der Waals surface area contributed by atoms with E-state index in [1.807, 2.05) is 0 Å². The van der Waals surface area contributed by atoms with Gasteiger partial charge in [-0.3, -0.25) is 9.69 Å². The topological polar surface area (TPSA) is 44.7 Å². The van der Waals surface area contributed by atoms with Crippen LogP contribution in [0.15, 0.2) is 52.0 Å². The van der Waals surface area contributed by atoms with Crippen LogP contribution in [0, 0.1) is 5.92 Å². The van der Waals surface area contributed by atoms with Crippen LogP contribution in [0.2, 0.25) is 10.0 Å². The molecule has 1 aliphatic rings. The van der Waals surface area contributed by atoms with Crippen LogP contribution in [0.1, 0.15) is 24.0 Å². The fraction of sp³-hybridized carbons (Fsp3) is 0.300. The number of carbonyl (C=O) groups is 1. The van der Waals surface area contributed by atoms with Gasteiger partial charge in [0.15, 0.2) is 0 Å². The Morgan fingerprint density at radius 1 is 1.19 bits per heavy atom. The van der Waals surface area contributed by atoms with Gasteiger partial charge in [-0.2, -0.15) is 5.10 Å². The summed E-state index contributed by atoms with van der Waals surface area (Å²) in [7, 11) is 0. The highest BCUT2D eigenvalue weighted by atomic mass is 79.9. The largest absolute Gasteiger partial charge is 0.299 e. The monoisotopic (exact) mass is 467 g/mol. The molecule has 0 bridgehead atoms. The third-order valence-electron chi connectivity index (χ3n) is 4.62. The highest BCUT2D eigenvalue weighted by Gasteiger charge is 2.24. The lowest BCUT2D eigenvalue weighted by Gasteiger charge is -2.30. The molecule has 0 aromatic heterocycles. The summed E-state index contributed by atoms with van der Waals surface area (Å²) in [6, 6.07) is 13.5. The molecule has 142 valence electrons. The number of likely N-dealkylation sites (tertiary alicyclic amines) is 1. The normalized spacial score (nSPS) is 16.0. The summed E-state index contributed by atoms with van der Waals surface area (Å²) in [5.41, 5.74) is 4.63. The minimum absolute atomic E-state index is 0.0102. The number of benzene rings is 2. The van der Waals surface area contributed by atoms with Gasteiger partial charge >= 0.3 is 0 Å². The molecular weight excluding hydrogens is 449 g/mol. The van der Waals surface area contributed by atoms with Gasteiger partial charge in [0.1, 0.15) is 0 Å². The second-order valence-electron chi connectivity index (χ2n) is 6.58. The summed E-state index contributed by atoms with van der Waals surface area (Å²) in [5, 5.41) is 5.10. The third kappa shape index (κ3) is 6.04. The molecule has 7 heteroatoms. The first kappa shape index (κ1) is 20.3. The van der Waals surface area contributed by atoms with Crippen molar-refractivity contribution in [2.75, 3.05) is 13.1 Å². The first-order chi connectivity index (χ1) is 13.0. The smallest absolute Gasteiger partial charge is 0.243 e. The van der Waals surface area contributed by atoms with Crippen molar-refractivity contribution in [3.8, 4) is 0 Å². The van der Waals surface area contributed by atoms with E-state index in [0.29, 0.717) is 15.6 Å². The third-order valence-corrected chi connectivity index (χ3v) is 5.71. The summed E-state index contributed by atoms with van der Waals surface area (Å²) in [6.07, 6.45) is 3.21. The Bertz CT molecular complexity index is 818. The number of nitrogens with zero attached hydrogens (tertiary/aromatic N) is 2. The molecule has 0 radical (unpaired) electrons. The lowest BCUT2D eigenvalue weighted by atomic mass is 9.96. The van der Waals surface area contributed by atoms with Gasteiger partial charge in [-0.25, -0.2) is 5.43 Å². The molecule has 1 heterocycles. The Hall–Kier alpha value is -1.40. The maximum atomic E-state index is 12.3. The molecule has 4 nitrogen and oxygen atoms in total. The van der Waals surface area contributed by atoms with Crippen LogP contribution < -0.4 is 5.43 Å². The molecule has 1 saturated heterocycles. The first-order valence-corrected chi connectivity index (χ1v) is 10.3. The zero-order valence-corrected chi connectivity index (χ0v) is 17.8. The molecule has 0 spiro atoms. The summed E-state index contributed by atoms with van der Waals surface area (Å²) < 4.78 is 1.09. The zero-order valence-electron chi connectivity index (χ0n) is 14.7. The fourth-order valence-corrected chi connectivity index (χ4v) is 3.79. The Kier molecular flexibility index (Phi) is 7.30. The predicted molar refractivity (Wildman–Crippen MR) is 114 cm³/mol. The van der Waals surface area contributed by atoms with Crippen molar-refractivity contribution in [3.05, 3.63) is 68.1 Å². The van der Waals surface area contributed by atoms with Crippen molar-refractivity contribution >= 4 is 51.3 Å². The molecule has 1 N–H and O–H groups in total. The van der Waals surface area contributed by atoms with Crippen LogP contribution in [-0.2, 0) is 11.3 Å². The van der Waals surface area contributed by atoms with Gasteiger partial charge in [0.25, 0.3) is 0 Å². The van der Waals surface area contributed by atoms with Gasteiger partial charge in [-0.05, 0) is 55.8 Å². The lowest BCUT2D eigenvalue weighted by Crippen LogP contribution is -2.39. The number of rotatable bonds is 5. The van der Waals surface area contributed by atoms with E-state index in [-0.39, 0.29) is 11.8 Å². The SMILES string of the molecule is O=C(N/N=C/c1ccc(Cl)cc1Cl)C1CCN(Cc2ccc(Br)cc2)CC1.